The summed E-state index contributed by atoms with van der Waals surface area (Å²) in [6.07, 6.45) is 2.92. The van der Waals surface area contributed by atoms with Gasteiger partial charge in [-0.2, -0.15) is 0 Å². The predicted molar refractivity (Wildman–Crippen MR) is 59.3 cm³/mol. The average molecular weight is 220 g/mol. The molecule has 4 nitrogen and oxygen atoms in total. The first-order valence-electron chi connectivity index (χ1n) is 5.37. The maximum Gasteiger partial charge on any atom is 0.308 e. The number of ether oxygens (including phenoxy) is 1. The predicted octanol–water partition coefficient (Wildman–Crippen LogP) is 2.57. The zero-order chi connectivity index (χ0) is 12.1. The third kappa shape index (κ3) is 13.4. The molecule has 0 amide bonds. The fraction of sp³-hybridized carbons (Fsp3) is 0.909. The van der Waals surface area contributed by atoms with Crippen LogP contribution in [0.5, 0.6) is 0 Å². The highest BCUT2D eigenvalue weighted by Crippen LogP contribution is 2.03. The van der Waals surface area contributed by atoms with E-state index in [4.69, 9.17) is 4.74 Å². The van der Waals surface area contributed by atoms with Gasteiger partial charge in [0.25, 0.3) is 0 Å². The van der Waals surface area contributed by atoms with Gasteiger partial charge in [-0.25, -0.2) is 9.78 Å². The summed E-state index contributed by atoms with van der Waals surface area (Å²) in [5.41, 5.74) is 0. The van der Waals surface area contributed by atoms with Gasteiger partial charge in [0, 0.05) is 0 Å². The van der Waals surface area contributed by atoms with Crippen LogP contribution in [0.4, 0.5) is 0 Å². The van der Waals surface area contributed by atoms with Gasteiger partial charge in [0.15, 0.2) is 0 Å². The van der Waals surface area contributed by atoms with Gasteiger partial charge in [-0.1, -0.05) is 27.2 Å². The van der Waals surface area contributed by atoms with Crippen molar-refractivity contribution in [2.24, 2.45) is 5.92 Å². The Morgan fingerprint density at radius 2 is 1.73 bits per heavy atom. The molecular weight excluding hydrogens is 196 g/mol. The van der Waals surface area contributed by atoms with E-state index in [1.807, 2.05) is 13.8 Å². The monoisotopic (exact) mass is 220 g/mol. The maximum atomic E-state index is 11.0. The van der Waals surface area contributed by atoms with E-state index >= 15 is 0 Å². The minimum absolute atomic E-state index is 0.0547. The topological polar surface area (TPSA) is 44.8 Å². The first kappa shape index (κ1) is 16.8. The fourth-order valence-electron chi connectivity index (χ4n) is 0.626. The molecule has 0 rings (SSSR count). The summed E-state index contributed by atoms with van der Waals surface area (Å²) < 4.78 is 5.00. The molecule has 0 bridgehead atoms. The lowest BCUT2D eigenvalue weighted by Gasteiger charge is -2.07. The lowest BCUT2D eigenvalue weighted by atomic mass is 10.1. The minimum Gasteiger partial charge on any atom is -0.465 e. The van der Waals surface area contributed by atoms with Gasteiger partial charge in [-0.3, -0.25) is 4.79 Å². The molecule has 0 spiro atoms. The van der Waals surface area contributed by atoms with Crippen molar-refractivity contribution in [1.29, 1.82) is 0 Å². The number of esters is 1. The van der Waals surface area contributed by atoms with Gasteiger partial charge in [0.1, 0.15) is 0 Å². The lowest BCUT2D eigenvalue weighted by molar-refractivity contribution is -0.248. The highest BCUT2D eigenvalue weighted by molar-refractivity contribution is 5.71. The molecule has 0 N–H and O–H groups in total. The van der Waals surface area contributed by atoms with E-state index < -0.39 is 0 Å². The van der Waals surface area contributed by atoms with Gasteiger partial charge in [-0.15, -0.1) is 0 Å². The first-order chi connectivity index (χ1) is 7.13. The Labute approximate surface area is 92.8 Å². The van der Waals surface area contributed by atoms with Crippen LogP contribution in [0, 0.1) is 5.92 Å². The lowest BCUT2D eigenvalue weighted by Crippen LogP contribution is -2.14. The molecule has 0 heterocycles. The maximum absolute atomic E-state index is 11.0. The second-order valence-corrected chi connectivity index (χ2v) is 3.16. The van der Waals surface area contributed by atoms with E-state index in [-0.39, 0.29) is 11.9 Å². The number of unbranched alkanes of at least 4 members (excludes halogenated alkanes) is 1. The van der Waals surface area contributed by atoms with E-state index in [1.54, 1.807) is 0 Å². The van der Waals surface area contributed by atoms with Crippen LogP contribution in [0.1, 0.15) is 40.0 Å². The summed E-state index contributed by atoms with van der Waals surface area (Å²) in [5.74, 6) is 0.00723. The Bertz CT molecular complexity index is 135. The van der Waals surface area contributed by atoms with E-state index in [1.165, 1.54) is 14.2 Å². The summed E-state index contributed by atoms with van der Waals surface area (Å²) in [4.78, 5) is 19.1. The van der Waals surface area contributed by atoms with Crippen LogP contribution in [-0.2, 0) is 19.3 Å². The van der Waals surface area contributed by atoms with Crippen molar-refractivity contribution in [1.82, 2.24) is 0 Å². The molecule has 0 aliphatic carbocycles. The van der Waals surface area contributed by atoms with E-state index in [0.717, 1.165) is 19.3 Å². The molecule has 0 saturated carbocycles. The van der Waals surface area contributed by atoms with Gasteiger partial charge in [0.05, 0.1) is 26.7 Å². The van der Waals surface area contributed by atoms with E-state index in [2.05, 4.69) is 16.7 Å². The molecule has 1 atom stereocenters. The van der Waals surface area contributed by atoms with Crippen LogP contribution < -0.4 is 0 Å². The van der Waals surface area contributed by atoms with Crippen molar-refractivity contribution < 1.29 is 19.3 Å². The zero-order valence-corrected chi connectivity index (χ0v) is 10.5. The van der Waals surface area contributed by atoms with Crippen molar-refractivity contribution in [2.75, 3.05) is 20.8 Å². The molecular formula is C11H24O4. The molecule has 0 aromatic carbocycles. The summed E-state index contributed by atoms with van der Waals surface area (Å²) >= 11 is 0. The van der Waals surface area contributed by atoms with Gasteiger partial charge in [-0.05, 0) is 12.8 Å². The molecule has 92 valence electrons. The van der Waals surface area contributed by atoms with Crippen LogP contribution in [0.2, 0.25) is 0 Å². The number of hydrogen-bond donors (Lipinski definition) is 0. The third-order valence-corrected chi connectivity index (χ3v) is 1.92. The summed E-state index contributed by atoms with van der Waals surface area (Å²) in [6, 6.07) is 0. The highest BCUT2D eigenvalue weighted by atomic mass is 17.2. The van der Waals surface area contributed by atoms with Crippen molar-refractivity contribution >= 4 is 5.97 Å². The Balaban J connectivity index is 0. The summed E-state index contributed by atoms with van der Waals surface area (Å²) in [6.45, 7) is 6.55. The molecule has 0 aliphatic heterocycles. The second-order valence-electron chi connectivity index (χ2n) is 3.16. The average Bonchev–Trinajstić information content (AvgIpc) is 2.28. The van der Waals surface area contributed by atoms with E-state index in [0.29, 0.717) is 6.61 Å². The minimum atomic E-state index is -0.0547. The van der Waals surface area contributed by atoms with E-state index in [9.17, 15) is 4.79 Å². The van der Waals surface area contributed by atoms with Crippen molar-refractivity contribution in [3.05, 3.63) is 0 Å². The van der Waals surface area contributed by atoms with Gasteiger partial charge >= 0.3 is 5.97 Å². The molecule has 0 saturated heterocycles. The van der Waals surface area contributed by atoms with Crippen molar-refractivity contribution in [2.45, 2.75) is 40.0 Å². The summed E-state index contributed by atoms with van der Waals surface area (Å²) in [7, 11) is 2.92. The summed E-state index contributed by atoms with van der Waals surface area (Å²) in [5, 5.41) is 0. The first-order valence-corrected chi connectivity index (χ1v) is 5.37. The van der Waals surface area contributed by atoms with Crippen LogP contribution in [0.15, 0.2) is 0 Å². The number of carbonyl (C=O) groups excluding carboxylic acids is 1. The van der Waals surface area contributed by atoms with Crippen LogP contribution >= 0.6 is 0 Å². The Morgan fingerprint density at radius 1 is 1.20 bits per heavy atom. The fourth-order valence-corrected chi connectivity index (χ4v) is 0.626. The van der Waals surface area contributed by atoms with Crippen LogP contribution in [0.25, 0.3) is 0 Å². The number of carbonyl (C=O) groups is 1. The quantitative estimate of drug-likeness (QED) is 0.299. The smallest absolute Gasteiger partial charge is 0.308 e. The largest absolute Gasteiger partial charge is 0.465 e. The molecule has 0 aromatic rings. The van der Waals surface area contributed by atoms with Crippen LogP contribution in [0.3, 0.4) is 0 Å². The highest BCUT2D eigenvalue weighted by Gasteiger charge is 2.10. The molecule has 0 aliphatic rings. The Morgan fingerprint density at radius 3 is 2.07 bits per heavy atom. The SMILES string of the molecule is CCCCOC(=O)C(C)CC.COOC. The molecule has 0 aromatic heterocycles. The Hall–Kier alpha value is -0.610. The van der Waals surface area contributed by atoms with Crippen molar-refractivity contribution in [3.63, 3.8) is 0 Å². The molecule has 1 unspecified atom stereocenters. The molecule has 0 radical (unpaired) electrons. The van der Waals surface area contributed by atoms with Gasteiger partial charge < -0.3 is 4.74 Å². The second kappa shape index (κ2) is 13.4. The normalized spacial score (nSPS) is 11.3. The molecule has 4 heteroatoms. The standard InChI is InChI=1S/C9H18O2.C2H6O2/c1-4-6-7-11-9(10)8(3)5-2;1-3-4-2/h8H,4-7H2,1-3H3;1-2H3. The number of rotatable bonds is 6. The Kier molecular flexibility index (Phi) is 15.0. The third-order valence-electron chi connectivity index (χ3n) is 1.92. The van der Waals surface area contributed by atoms with Crippen LogP contribution in [-0.4, -0.2) is 26.8 Å². The number of hydrogen-bond acceptors (Lipinski definition) is 4. The zero-order valence-electron chi connectivity index (χ0n) is 10.5. The molecule has 15 heavy (non-hydrogen) atoms. The van der Waals surface area contributed by atoms with Crippen molar-refractivity contribution in [3.8, 4) is 0 Å². The van der Waals surface area contributed by atoms with Gasteiger partial charge in [0.2, 0.25) is 0 Å². The molecule has 0 fully saturated rings.